The number of allylic oxidation sites excluding steroid dienone is 1. The van der Waals surface area contributed by atoms with Crippen molar-refractivity contribution in [1.29, 1.82) is 0 Å². The molecule has 6 heteroatoms. The van der Waals surface area contributed by atoms with E-state index in [1.165, 1.54) is 0 Å². The number of ether oxygens (including phenoxy) is 2. The van der Waals surface area contributed by atoms with E-state index < -0.39 is 0 Å². The van der Waals surface area contributed by atoms with Gasteiger partial charge in [0.25, 0.3) is 0 Å². The van der Waals surface area contributed by atoms with E-state index in [-0.39, 0.29) is 12.0 Å². The summed E-state index contributed by atoms with van der Waals surface area (Å²) in [6.07, 6.45) is 1.63. The highest BCUT2D eigenvalue weighted by Gasteiger charge is 2.32. The average Bonchev–Trinajstić information content (AvgIpc) is 2.67. The van der Waals surface area contributed by atoms with E-state index in [0.717, 1.165) is 40.6 Å². The quantitative estimate of drug-likeness (QED) is 0.580. The van der Waals surface area contributed by atoms with Gasteiger partial charge in [0.15, 0.2) is 5.11 Å². The molecule has 0 bridgehead atoms. The van der Waals surface area contributed by atoms with Crippen molar-refractivity contribution in [1.82, 2.24) is 10.6 Å². The molecule has 1 atom stereocenters. The summed E-state index contributed by atoms with van der Waals surface area (Å²) in [5.74, 6) is 0.497. The Bertz CT molecular complexity index is 907. The third kappa shape index (κ3) is 4.06. The maximum absolute atomic E-state index is 12.7. The first kappa shape index (κ1) is 19.2. The number of fused-ring (bicyclic) bond motifs is 1. The van der Waals surface area contributed by atoms with Gasteiger partial charge in [-0.1, -0.05) is 31.5 Å². The van der Waals surface area contributed by atoms with E-state index in [4.69, 9.17) is 21.7 Å². The molecule has 0 spiro atoms. The van der Waals surface area contributed by atoms with Crippen LogP contribution in [0.3, 0.4) is 0 Å². The van der Waals surface area contributed by atoms with Crippen molar-refractivity contribution in [3.8, 4) is 5.75 Å². The van der Waals surface area contributed by atoms with Crippen molar-refractivity contribution in [3.63, 3.8) is 0 Å². The lowest BCUT2D eigenvalue weighted by Gasteiger charge is -2.31. The van der Waals surface area contributed by atoms with E-state index in [1.807, 2.05) is 37.3 Å². The lowest BCUT2D eigenvalue weighted by Crippen LogP contribution is -2.45. The minimum atomic E-state index is -0.342. The SMILES string of the molecule is CCCC1=C(C(=O)OCC)[C@H](c2ccc3cc(OC)ccc3c2)NC(=S)N1. The maximum Gasteiger partial charge on any atom is 0.338 e. The molecule has 27 heavy (non-hydrogen) atoms. The normalized spacial score (nSPS) is 16.7. The number of hydrogen-bond acceptors (Lipinski definition) is 4. The summed E-state index contributed by atoms with van der Waals surface area (Å²) in [6, 6.07) is 11.7. The Hall–Kier alpha value is -2.60. The Morgan fingerprint density at radius 3 is 2.59 bits per heavy atom. The van der Waals surface area contributed by atoms with Crippen molar-refractivity contribution in [2.75, 3.05) is 13.7 Å². The van der Waals surface area contributed by atoms with Gasteiger partial charge in [-0.2, -0.15) is 0 Å². The van der Waals surface area contributed by atoms with Crippen LogP contribution in [0.2, 0.25) is 0 Å². The topological polar surface area (TPSA) is 59.6 Å². The highest BCUT2D eigenvalue weighted by molar-refractivity contribution is 7.80. The summed E-state index contributed by atoms with van der Waals surface area (Å²) in [5, 5.41) is 9.04. The molecule has 0 unspecified atom stereocenters. The zero-order valence-corrected chi connectivity index (χ0v) is 16.6. The number of carbonyl (C=O) groups is 1. The van der Waals surface area contributed by atoms with Gasteiger partial charge in [-0.3, -0.25) is 0 Å². The van der Waals surface area contributed by atoms with Gasteiger partial charge in [-0.25, -0.2) is 4.79 Å². The van der Waals surface area contributed by atoms with E-state index >= 15 is 0 Å². The number of rotatable bonds is 6. The summed E-state index contributed by atoms with van der Waals surface area (Å²) in [5.41, 5.74) is 2.40. The van der Waals surface area contributed by atoms with Crippen molar-refractivity contribution < 1.29 is 14.3 Å². The number of methoxy groups -OCH3 is 1. The molecule has 0 radical (unpaired) electrons. The van der Waals surface area contributed by atoms with Crippen LogP contribution in [0.5, 0.6) is 5.75 Å². The smallest absolute Gasteiger partial charge is 0.338 e. The Kier molecular flexibility index (Phi) is 5.96. The number of esters is 1. The van der Waals surface area contributed by atoms with E-state index in [0.29, 0.717) is 17.3 Å². The van der Waals surface area contributed by atoms with Gasteiger partial charge in [0.1, 0.15) is 5.75 Å². The average molecular weight is 385 g/mol. The molecule has 0 saturated carbocycles. The molecular formula is C21H24N2O3S. The fraction of sp³-hybridized carbons (Fsp3) is 0.333. The van der Waals surface area contributed by atoms with Crippen LogP contribution in [0.1, 0.15) is 38.3 Å². The Labute approximate surface area is 164 Å². The van der Waals surface area contributed by atoms with Crippen LogP contribution < -0.4 is 15.4 Å². The third-order valence-electron chi connectivity index (χ3n) is 4.55. The second kappa shape index (κ2) is 8.39. The molecule has 1 aliphatic rings. The highest BCUT2D eigenvalue weighted by atomic mass is 32.1. The first-order valence-electron chi connectivity index (χ1n) is 9.12. The molecule has 2 N–H and O–H groups in total. The van der Waals surface area contributed by atoms with E-state index in [2.05, 4.69) is 23.6 Å². The van der Waals surface area contributed by atoms with Crippen LogP contribution in [-0.2, 0) is 9.53 Å². The lowest BCUT2D eigenvalue weighted by atomic mass is 9.92. The molecule has 5 nitrogen and oxygen atoms in total. The summed E-state index contributed by atoms with van der Waals surface area (Å²) in [4.78, 5) is 12.7. The fourth-order valence-corrected chi connectivity index (χ4v) is 3.55. The standard InChI is InChI=1S/C21H24N2O3S/c1-4-6-17-18(20(24)26-5-2)19(23-21(27)22-17)15-8-7-14-12-16(25-3)10-9-13(14)11-15/h7-12,19H,4-6H2,1-3H3,(H2,22,23,27)/t19-/m0/s1. The first-order chi connectivity index (χ1) is 13.1. The van der Waals surface area contributed by atoms with Gasteiger partial charge in [-0.15, -0.1) is 0 Å². The Morgan fingerprint density at radius 2 is 1.89 bits per heavy atom. The second-order valence-electron chi connectivity index (χ2n) is 6.37. The Morgan fingerprint density at radius 1 is 1.15 bits per heavy atom. The minimum Gasteiger partial charge on any atom is -0.497 e. The molecule has 3 rings (SSSR count). The van der Waals surface area contributed by atoms with E-state index in [9.17, 15) is 4.79 Å². The monoisotopic (exact) mass is 384 g/mol. The van der Waals surface area contributed by atoms with Gasteiger partial charge in [0, 0.05) is 5.70 Å². The van der Waals surface area contributed by atoms with Crippen molar-refractivity contribution in [3.05, 3.63) is 53.2 Å². The largest absolute Gasteiger partial charge is 0.497 e. The number of benzene rings is 2. The second-order valence-corrected chi connectivity index (χ2v) is 6.77. The molecule has 1 aliphatic heterocycles. The highest BCUT2D eigenvalue weighted by Crippen LogP contribution is 2.32. The van der Waals surface area contributed by atoms with Crippen molar-refractivity contribution >= 4 is 34.1 Å². The van der Waals surface area contributed by atoms with Gasteiger partial charge < -0.3 is 20.1 Å². The minimum absolute atomic E-state index is 0.316. The van der Waals surface area contributed by atoms with Gasteiger partial charge in [-0.05, 0) is 60.1 Å². The number of hydrogen-bond donors (Lipinski definition) is 2. The number of carbonyl (C=O) groups excluding carboxylic acids is 1. The summed E-state index contributed by atoms with van der Waals surface area (Å²) in [6.45, 7) is 4.21. The zero-order chi connectivity index (χ0) is 19.4. The number of nitrogens with one attached hydrogen (secondary N) is 2. The van der Waals surface area contributed by atoms with Crippen LogP contribution in [0, 0.1) is 0 Å². The first-order valence-corrected chi connectivity index (χ1v) is 9.53. The van der Waals surface area contributed by atoms with Gasteiger partial charge in [0.2, 0.25) is 0 Å². The Balaban J connectivity index is 2.08. The molecule has 142 valence electrons. The van der Waals surface area contributed by atoms with E-state index in [1.54, 1.807) is 7.11 Å². The van der Waals surface area contributed by atoms with Crippen LogP contribution >= 0.6 is 12.2 Å². The summed E-state index contributed by atoms with van der Waals surface area (Å²) < 4.78 is 10.6. The van der Waals surface area contributed by atoms with Crippen molar-refractivity contribution in [2.45, 2.75) is 32.7 Å². The lowest BCUT2D eigenvalue weighted by molar-refractivity contribution is -0.139. The molecule has 0 aromatic heterocycles. The number of thiocarbonyl (C=S) groups is 1. The molecule has 1 heterocycles. The summed E-state index contributed by atoms with van der Waals surface area (Å²) in [7, 11) is 1.65. The third-order valence-corrected chi connectivity index (χ3v) is 4.77. The molecule has 2 aromatic carbocycles. The molecule has 2 aromatic rings. The predicted molar refractivity (Wildman–Crippen MR) is 111 cm³/mol. The molecule has 0 saturated heterocycles. The zero-order valence-electron chi connectivity index (χ0n) is 15.8. The molecule has 0 fully saturated rings. The van der Waals surface area contributed by atoms with Crippen LogP contribution in [0.25, 0.3) is 10.8 Å². The molecule has 0 aliphatic carbocycles. The predicted octanol–water partition coefficient (Wildman–Crippen LogP) is 3.98. The van der Waals surface area contributed by atoms with Crippen molar-refractivity contribution in [2.24, 2.45) is 0 Å². The van der Waals surface area contributed by atoms with Crippen LogP contribution in [-0.4, -0.2) is 24.8 Å². The van der Waals surface area contributed by atoms with Crippen LogP contribution in [0.4, 0.5) is 0 Å². The molecule has 0 amide bonds. The maximum atomic E-state index is 12.7. The van der Waals surface area contributed by atoms with Gasteiger partial charge in [0.05, 0.1) is 25.3 Å². The van der Waals surface area contributed by atoms with Gasteiger partial charge >= 0.3 is 5.97 Å². The summed E-state index contributed by atoms with van der Waals surface area (Å²) >= 11 is 5.38. The fourth-order valence-electron chi connectivity index (χ4n) is 3.31. The molecular weight excluding hydrogens is 360 g/mol. The van der Waals surface area contributed by atoms with Crippen LogP contribution in [0.15, 0.2) is 47.7 Å².